The highest BCUT2D eigenvalue weighted by atomic mass is 32.2. The number of furan rings is 1. The number of hydrogen-bond donors (Lipinski definition) is 1. The average molecular weight is 531 g/mol. The van der Waals surface area contributed by atoms with Gasteiger partial charge in [0.05, 0.1) is 18.1 Å². The summed E-state index contributed by atoms with van der Waals surface area (Å²) in [5.41, 5.74) is 0.803. The summed E-state index contributed by atoms with van der Waals surface area (Å²) in [7, 11) is -4.02. The van der Waals surface area contributed by atoms with Crippen LogP contribution in [0, 0.1) is 0 Å². The van der Waals surface area contributed by atoms with Crippen LogP contribution in [0.2, 0.25) is 0 Å². The second-order valence-electron chi connectivity index (χ2n) is 8.58. The SMILES string of the molecule is O=C(NCc1cccc(-c2cnc(C(F)(F)F)cn2)c1)C1CCCN1S(=O)(=O)c1cc2ccccc2o1. The third-order valence-electron chi connectivity index (χ3n) is 6.10. The Hall–Kier alpha value is -3.77. The van der Waals surface area contributed by atoms with Gasteiger partial charge in [-0.15, -0.1) is 0 Å². The van der Waals surface area contributed by atoms with E-state index in [4.69, 9.17) is 4.42 Å². The summed E-state index contributed by atoms with van der Waals surface area (Å²) in [5.74, 6) is -0.447. The maximum Gasteiger partial charge on any atom is 0.434 e. The molecule has 12 heteroatoms. The summed E-state index contributed by atoms with van der Waals surface area (Å²) in [4.78, 5) is 20.3. The first kappa shape index (κ1) is 24.9. The van der Waals surface area contributed by atoms with Crippen LogP contribution in [0.4, 0.5) is 13.2 Å². The Balaban J connectivity index is 1.28. The molecule has 192 valence electrons. The number of halogens is 3. The van der Waals surface area contributed by atoms with Crippen LogP contribution in [0.25, 0.3) is 22.2 Å². The standard InChI is InChI=1S/C25H21F3N4O4S/c26-25(27,28)22-15-29-19(14-30-22)17-7-3-5-16(11-17)13-31-24(33)20-8-4-10-32(20)37(34,35)23-12-18-6-1-2-9-21(18)36-23/h1-3,5-7,9,11-12,14-15,20H,4,8,10,13H2,(H,31,33). The van der Waals surface area contributed by atoms with E-state index in [2.05, 4.69) is 15.3 Å². The van der Waals surface area contributed by atoms with Crippen molar-refractivity contribution >= 4 is 26.9 Å². The number of amides is 1. The van der Waals surface area contributed by atoms with Crippen molar-refractivity contribution in [3.05, 3.63) is 78.2 Å². The van der Waals surface area contributed by atoms with Crippen molar-refractivity contribution in [1.29, 1.82) is 0 Å². The van der Waals surface area contributed by atoms with E-state index in [1.165, 1.54) is 6.07 Å². The van der Waals surface area contributed by atoms with E-state index >= 15 is 0 Å². The molecule has 1 unspecified atom stereocenters. The molecule has 0 spiro atoms. The number of aromatic nitrogens is 2. The Labute approximate surface area is 210 Å². The van der Waals surface area contributed by atoms with Crippen molar-refractivity contribution in [1.82, 2.24) is 19.6 Å². The van der Waals surface area contributed by atoms with Crippen LogP contribution >= 0.6 is 0 Å². The minimum absolute atomic E-state index is 0.0930. The van der Waals surface area contributed by atoms with Crippen molar-refractivity contribution < 1.29 is 30.8 Å². The van der Waals surface area contributed by atoms with Crippen LogP contribution in [0.1, 0.15) is 24.1 Å². The molecule has 1 amide bonds. The highest BCUT2D eigenvalue weighted by Gasteiger charge is 2.41. The lowest BCUT2D eigenvalue weighted by molar-refractivity contribution is -0.141. The molecule has 0 aliphatic carbocycles. The summed E-state index contributed by atoms with van der Waals surface area (Å²) in [5, 5.41) is 3.21. The number of nitrogens with one attached hydrogen (secondary N) is 1. The number of nitrogens with zero attached hydrogens (tertiary/aromatic N) is 3. The predicted molar refractivity (Wildman–Crippen MR) is 127 cm³/mol. The lowest BCUT2D eigenvalue weighted by Gasteiger charge is -2.22. The van der Waals surface area contributed by atoms with E-state index in [0.717, 1.165) is 10.5 Å². The van der Waals surface area contributed by atoms with Crippen molar-refractivity contribution in [3.63, 3.8) is 0 Å². The maximum atomic E-state index is 13.2. The fraction of sp³-hybridized carbons (Fsp3) is 0.240. The summed E-state index contributed by atoms with van der Waals surface area (Å²) in [6, 6.07) is 14.3. The maximum absolute atomic E-state index is 13.2. The van der Waals surface area contributed by atoms with E-state index in [-0.39, 0.29) is 23.9 Å². The topological polar surface area (TPSA) is 105 Å². The number of alkyl halides is 3. The zero-order valence-electron chi connectivity index (χ0n) is 19.3. The first-order valence-corrected chi connectivity index (χ1v) is 12.8. The summed E-state index contributed by atoms with van der Waals surface area (Å²) in [6.07, 6.45) is -1.98. The van der Waals surface area contributed by atoms with Gasteiger partial charge < -0.3 is 9.73 Å². The second-order valence-corrected chi connectivity index (χ2v) is 10.4. The molecule has 3 heterocycles. The van der Waals surface area contributed by atoms with Gasteiger partial charge in [0, 0.05) is 30.1 Å². The number of para-hydroxylation sites is 1. The minimum atomic E-state index is -4.58. The number of benzene rings is 2. The Morgan fingerprint density at radius 3 is 2.62 bits per heavy atom. The van der Waals surface area contributed by atoms with Gasteiger partial charge in [0.25, 0.3) is 10.0 Å². The lowest BCUT2D eigenvalue weighted by atomic mass is 10.1. The molecule has 1 aliphatic rings. The molecule has 2 aromatic heterocycles. The quantitative estimate of drug-likeness (QED) is 0.397. The van der Waals surface area contributed by atoms with Crippen molar-refractivity contribution in [2.24, 2.45) is 0 Å². The van der Waals surface area contributed by atoms with Crippen molar-refractivity contribution in [3.8, 4) is 11.3 Å². The van der Waals surface area contributed by atoms with Gasteiger partial charge in [0.1, 0.15) is 11.6 Å². The average Bonchev–Trinajstić information content (AvgIpc) is 3.55. The van der Waals surface area contributed by atoms with E-state index in [1.54, 1.807) is 48.5 Å². The summed E-state index contributed by atoms with van der Waals surface area (Å²) in [6.45, 7) is 0.287. The lowest BCUT2D eigenvalue weighted by Crippen LogP contribution is -2.45. The Bertz CT molecular complexity index is 1520. The summed E-state index contributed by atoms with van der Waals surface area (Å²) >= 11 is 0. The molecule has 1 N–H and O–H groups in total. The van der Waals surface area contributed by atoms with Gasteiger partial charge in [0.15, 0.2) is 5.69 Å². The van der Waals surface area contributed by atoms with Crippen molar-refractivity contribution in [2.45, 2.75) is 36.7 Å². The molecule has 5 rings (SSSR count). The molecule has 1 atom stereocenters. The van der Waals surface area contributed by atoms with Gasteiger partial charge in [-0.05, 0) is 30.5 Å². The predicted octanol–water partition coefficient (Wildman–Crippen LogP) is 4.38. The number of hydrogen-bond acceptors (Lipinski definition) is 6. The van der Waals surface area contributed by atoms with Gasteiger partial charge in [-0.2, -0.15) is 17.5 Å². The zero-order valence-corrected chi connectivity index (χ0v) is 20.1. The van der Waals surface area contributed by atoms with Crippen LogP contribution in [0.5, 0.6) is 0 Å². The van der Waals surface area contributed by atoms with Crippen molar-refractivity contribution in [2.75, 3.05) is 6.54 Å². The highest BCUT2D eigenvalue weighted by Crippen LogP contribution is 2.30. The van der Waals surface area contributed by atoms with Crippen LogP contribution < -0.4 is 5.32 Å². The monoisotopic (exact) mass is 530 g/mol. The number of carbonyl (C=O) groups is 1. The van der Waals surface area contributed by atoms with Crippen LogP contribution in [-0.2, 0) is 27.5 Å². The minimum Gasteiger partial charge on any atom is -0.443 e. The second kappa shape index (κ2) is 9.60. The summed E-state index contributed by atoms with van der Waals surface area (Å²) < 4.78 is 71.5. The molecule has 1 fully saturated rings. The molecule has 0 bridgehead atoms. The van der Waals surface area contributed by atoms with Gasteiger partial charge in [-0.1, -0.05) is 36.4 Å². The fourth-order valence-corrected chi connectivity index (χ4v) is 5.87. The Kier molecular flexibility index (Phi) is 6.46. The van der Waals surface area contributed by atoms with Gasteiger partial charge in [-0.25, -0.2) is 13.4 Å². The number of rotatable bonds is 6. The molecule has 1 saturated heterocycles. The molecular formula is C25H21F3N4O4S. The molecule has 8 nitrogen and oxygen atoms in total. The normalized spacial score (nSPS) is 16.8. The first-order chi connectivity index (χ1) is 17.6. The fourth-order valence-electron chi connectivity index (χ4n) is 4.26. The Morgan fingerprint density at radius 2 is 1.89 bits per heavy atom. The van der Waals surface area contributed by atoms with E-state index < -0.39 is 33.8 Å². The van der Waals surface area contributed by atoms with Gasteiger partial charge >= 0.3 is 6.18 Å². The third kappa shape index (κ3) is 5.07. The first-order valence-electron chi connectivity index (χ1n) is 11.4. The highest BCUT2D eigenvalue weighted by molar-refractivity contribution is 7.89. The zero-order chi connectivity index (χ0) is 26.2. The molecule has 37 heavy (non-hydrogen) atoms. The van der Waals surface area contributed by atoms with Crippen LogP contribution in [0.3, 0.4) is 0 Å². The Morgan fingerprint density at radius 1 is 1.08 bits per heavy atom. The molecular weight excluding hydrogens is 509 g/mol. The third-order valence-corrected chi connectivity index (χ3v) is 7.87. The largest absolute Gasteiger partial charge is 0.443 e. The molecule has 1 aliphatic heterocycles. The van der Waals surface area contributed by atoms with Crippen LogP contribution in [-0.4, -0.2) is 41.2 Å². The molecule has 4 aromatic rings. The molecule has 0 radical (unpaired) electrons. The van der Waals surface area contributed by atoms with Gasteiger partial charge in [-0.3, -0.25) is 9.78 Å². The van der Waals surface area contributed by atoms with E-state index in [0.29, 0.717) is 41.1 Å². The number of sulfonamides is 1. The smallest absolute Gasteiger partial charge is 0.434 e. The van der Waals surface area contributed by atoms with E-state index in [9.17, 15) is 26.4 Å². The van der Waals surface area contributed by atoms with Gasteiger partial charge in [0.2, 0.25) is 11.0 Å². The molecule has 0 saturated carbocycles. The molecule has 2 aromatic carbocycles. The van der Waals surface area contributed by atoms with E-state index in [1.807, 2.05) is 0 Å². The number of carbonyl (C=O) groups excluding carboxylic acids is 1. The van der Waals surface area contributed by atoms with Crippen LogP contribution in [0.15, 0.2) is 76.5 Å². The number of fused-ring (bicyclic) bond motifs is 1.